The smallest absolute Gasteiger partial charge is 0.323 e. The predicted molar refractivity (Wildman–Crippen MR) is 102 cm³/mol. The Hall–Kier alpha value is -0.597. The van der Waals surface area contributed by atoms with Crippen molar-refractivity contribution in [2.24, 2.45) is 5.41 Å². The molecular formula is C20H29CoO4Si. The zero-order chi connectivity index (χ0) is 19.1. The van der Waals surface area contributed by atoms with Crippen LogP contribution in [0.1, 0.15) is 19.8 Å². The van der Waals surface area contributed by atoms with Gasteiger partial charge in [0, 0.05) is 30.8 Å². The first kappa shape index (κ1) is 25.4. The average Bonchev–Trinajstić information content (AvgIpc) is 3.23. The number of carbonyl (C=O) groups excluding carboxylic acids is 2. The largest absolute Gasteiger partial charge is 0.468 e. The van der Waals surface area contributed by atoms with Gasteiger partial charge in [0.15, 0.2) is 5.41 Å². The molecule has 0 N–H and O–H groups in total. The van der Waals surface area contributed by atoms with Crippen LogP contribution in [0.5, 0.6) is 0 Å². The van der Waals surface area contributed by atoms with Crippen LogP contribution in [-0.2, 0) is 35.8 Å². The Kier molecular flexibility index (Phi) is 11.0. The molecular weight excluding hydrogens is 391 g/mol. The van der Waals surface area contributed by atoms with Crippen molar-refractivity contribution in [1.29, 1.82) is 0 Å². The van der Waals surface area contributed by atoms with Gasteiger partial charge < -0.3 is 9.47 Å². The fourth-order valence-electron chi connectivity index (χ4n) is 2.98. The molecule has 2 aliphatic carbocycles. The minimum atomic E-state index is -1.44. The van der Waals surface area contributed by atoms with Crippen molar-refractivity contribution in [2.45, 2.75) is 39.4 Å². The Morgan fingerprint density at radius 1 is 0.962 bits per heavy atom. The molecule has 0 aliphatic heterocycles. The number of esters is 2. The van der Waals surface area contributed by atoms with E-state index in [9.17, 15) is 9.59 Å². The van der Waals surface area contributed by atoms with E-state index < -0.39 is 25.4 Å². The summed E-state index contributed by atoms with van der Waals surface area (Å²) in [6.45, 7) is 8.61. The van der Waals surface area contributed by atoms with E-state index in [1.54, 1.807) is 0 Å². The molecule has 0 amide bonds. The molecule has 2 fully saturated rings. The molecule has 0 saturated heterocycles. The number of hydrogen-bond donors (Lipinski definition) is 0. The quantitative estimate of drug-likeness (QED) is 0.395. The summed E-state index contributed by atoms with van der Waals surface area (Å²) in [5, 5.41) is 0. The van der Waals surface area contributed by atoms with Gasteiger partial charge in [-0.2, -0.15) is 0 Å². The molecule has 0 aromatic heterocycles. The molecule has 0 heterocycles. The van der Waals surface area contributed by atoms with E-state index >= 15 is 0 Å². The van der Waals surface area contributed by atoms with Gasteiger partial charge >= 0.3 is 11.9 Å². The summed E-state index contributed by atoms with van der Waals surface area (Å²) in [5.74, 6) is 0.0628. The van der Waals surface area contributed by atoms with E-state index in [0.29, 0.717) is 12.8 Å². The van der Waals surface area contributed by atoms with Crippen LogP contribution in [0.15, 0.2) is 11.6 Å². The van der Waals surface area contributed by atoms with E-state index in [1.807, 2.05) is 45.1 Å². The molecule has 2 saturated carbocycles. The van der Waals surface area contributed by atoms with Crippen molar-refractivity contribution < 1.29 is 35.8 Å². The summed E-state index contributed by atoms with van der Waals surface area (Å²) in [7, 11) is 1.18. The number of rotatable bonds is 4. The molecule has 0 aromatic carbocycles. The minimum absolute atomic E-state index is 0. The third kappa shape index (κ3) is 6.85. The summed E-state index contributed by atoms with van der Waals surface area (Å²) in [5.41, 5.74) is -0.167. The van der Waals surface area contributed by atoms with Crippen LogP contribution in [-0.4, -0.2) is 34.2 Å². The summed E-state index contributed by atoms with van der Waals surface area (Å²) in [4.78, 5) is 24.3. The molecule has 8 radical (unpaired) electrons. The molecule has 4 nitrogen and oxygen atoms in total. The fraction of sp³-hybridized carbons (Fsp3) is 0.450. The monoisotopic (exact) mass is 420 g/mol. The van der Waals surface area contributed by atoms with Crippen LogP contribution in [0, 0.1) is 49.5 Å². The number of carbonyl (C=O) groups is 2. The first-order valence-electron chi connectivity index (χ1n) is 8.41. The number of methoxy groups -OCH3 is 2. The van der Waals surface area contributed by atoms with Crippen LogP contribution < -0.4 is 0 Å². The van der Waals surface area contributed by atoms with E-state index in [2.05, 4.69) is 25.7 Å². The molecule has 0 bridgehead atoms. The molecule has 0 spiro atoms. The van der Waals surface area contributed by atoms with Crippen LogP contribution in [0.3, 0.4) is 0 Å². The van der Waals surface area contributed by atoms with Crippen LogP contribution in [0.25, 0.3) is 0 Å². The Balaban J connectivity index is 0.000000893. The van der Waals surface area contributed by atoms with Gasteiger partial charge in [-0.05, 0) is 57.9 Å². The predicted octanol–water partition coefficient (Wildman–Crippen LogP) is 3.73. The Labute approximate surface area is 170 Å². The van der Waals surface area contributed by atoms with Gasteiger partial charge in [0.05, 0.1) is 14.2 Å². The maximum Gasteiger partial charge on any atom is 0.323 e. The van der Waals surface area contributed by atoms with E-state index in [0.717, 1.165) is 11.5 Å². The number of ether oxygens (including phenoxy) is 2. The normalized spacial score (nSPS) is 20.8. The van der Waals surface area contributed by atoms with Crippen molar-refractivity contribution in [3.63, 3.8) is 0 Å². The molecule has 0 aromatic rings. The van der Waals surface area contributed by atoms with Gasteiger partial charge in [-0.3, -0.25) is 9.59 Å². The molecule has 0 atom stereocenters. The molecule has 2 aliphatic rings. The van der Waals surface area contributed by atoms with Gasteiger partial charge in [0.1, 0.15) is 0 Å². The topological polar surface area (TPSA) is 52.6 Å². The Morgan fingerprint density at radius 2 is 1.38 bits per heavy atom. The maximum atomic E-state index is 12.1. The summed E-state index contributed by atoms with van der Waals surface area (Å²) in [6, 6.07) is 2.25. The van der Waals surface area contributed by atoms with E-state index in [1.165, 1.54) is 14.2 Å². The first-order valence-corrected chi connectivity index (χ1v) is 12.0. The van der Waals surface area contributed by atoms with Crippen molar-refractivity contribution in [1.82, 2.24) is 0 Å². The molecule has 146 valence electrons. The Morgan fingerprint density at radius 3 is 1.69 bits per heavy atom. The SMILES string of the molecule is C/C=C1\CC(C(=O)OC)(C(=O)OC)C[C]1[CH][Si](C)(C)C.[CH]1[CH][CH][CH][CH]1.[Co]. The first-order chi connectivity index (χ1) is 11.7. The zero-order valence-corrected chi connectivity index (χ0v) is 18.5. The standard InChI is InChI=1S/C15H24O4Si.C5H5.Co/c1-7-11-8-15(13(16)18-2,14(17)19-3)9-12(11)10-20(4,5)6;1-2-4-5-3-1;/h7,10H,8-9H2,1-6H3;1-5H;/b11-7+;;. The minimum Gasteiger partial charge on any atom is -0.468 e. The summed E-state index contributed by atoms with van der Waals surface area (Å²) < 4.78 is 9.70. The average molecular weight is 420 g/mol. The Bertz CT molecular complexity index is 469. The summed E-state index contributed by atoms with van der Waals surface area (Å²) >= 11 is 0. The number of allylic oxidation sites excluding steroid dienone is 2. The van der Waals surface area contributed by atoms with Gasteiger partial charge in [-0.15, -0.1) is 0 Å². The maximum absolute atomic E-state index is 12.1. The molecule has 6 heteroatoms. The van der Waals surface area contributed by atoms with Gasteiger partial charge in [0.2, 0.25) is 0 Å². The third-order valence-corrected chi connectivity index (χ3v) is 5.27. The number of hydrogen-bond acceptors (Lipinski definition) is 4. The van der Waals surface area contributed by atoms with E-state index in [4.69, 9.17) is 9.47 Å². The van der Waals surface area contributed by atoms with Crippen LogP contribution >= 0.6 is 0 Å². The van der Waals surface area contributed by atoms with Crippen LogP contribution in [0.4, 0.5) is 0 Å². The van der Waals surface area contributed by atoms with Crippen molar-refractivity contribution in [3.05, 3.63) is 55.7 Å². The fourth-order valence-corrected chi connectivity index (χ4v) is 4.31. The van der Waals surface area contributed by atoms with E-state index in [-0.39, 0.29) is 16.8 Å². The second kappa shape index (κ2) is 11.3. The third-order valence-electron chi connectivity index (χ3n) is 4.06. The molecule has 2 rings (SSSR count). The second-order valence-corrected chi connectivity index (χ2v) is 12.3. The van der Waals surface area contributed by atoms with Crippen molar-refractivity contribution in [3.8, 4) is 0 Å². The summed E-state index contributed by atoms with van der Waals surface area (Å²) in [6.07, 6.45) is 12.7. The zero-order valence-electron chi connectivity index (χ0n) is 16.4. The van der Waals surface area contributed by atoms with Gasteiger partial charge in [-0.1, -0.05) is 31.3 Å². The van der Waals surface area contributed by atoms with Gasteiger partial charge in [-0.25, -0.2) is 0 Å². The van der Waals surface area contributed by atoms with Crippen molar-refractivity contribution in [2.75, 3.05) is 14.2 Å². The molecule has 0 unspecified atom stereocenters. The molecule has 26 heavy (non-hydrogen) atoms. The van der Waals surface area contributed by atoms with Crippen LogP contribution in [0.2, 0.25) is 19.6 Å². The second-order valence-electron chi connectivity index (χ2n) is 7.23. The van der Waals surface area contributed by atoms with Gasteiger partial charge in [0.25, 0.3) is 0 Å². The van der Waals surface area contributed by atoms with Crippen molar-refractivity contribution >= 4 is 20.0 Å².